The van der Waals surface area contributed by atoms with Crippen molar-refractivity contribution in [1.82, 2.24) is 5.32 Å². The van der Waals surface area contributed by atoms with Crippen LogP contribution in [-0.4, -0.2) is 100 Å². The average Bonchev–Trinajstić information content (AvgIpc) is 1.01. The van der Waals surface area contributed by atoms with E-state index < -0.39 is 49.5 Å². The Bertz CT molecular complexity index is 1580. The average molecular weight is 1300 g/mol. The molecule has 0 saturated carbocycles. The molecule has 1 fully saturated rings. The van der Waals surface area contributed by atoms with Crippen LogP contribution in [-0.2, 0) is 23.8 Å². The van der Waals surface area contributed by atoms with Crippen LogP contribution < -0.4 is 5.32 Å². The van der Waals surface area contributed by atoms with Crippen molar-refractivity contribution in [2.45, 2.75) is 461 Å². The van der Waals surface area contributed by atoms with Gasteiger partial charge in [0.15, 0.2) is 6.29 Å². The molecule has 1 amide bonds. The first-order valence-electron chi connectivity index (χ1n) is 40.6. The number of hydrogen-bond donors (Lipinski definition) is 6. The lowest BCUT2D eigenvalue weighted by molar-refractivity contribution is -0.302. The van der Waals surface area contributed by atoms with Crippen molar-refractivity contribution in [2.75, 3.05) is 19.8 Å². The van der Waals surface area contributed by atoms with Crippen LogP contribution in [0.15, 0.2) is 24.3 Å². The number of allylic oxidation sites excluding steroid dienone is 3. The summed E-state index contributed by atoms with van der Waals surface area (Å²) in [6.45, 7) is 4.38. The summed E-state index contributed by atoms with van der Waals surface area (Å²) >= 11 is 0. The third-order valence-corrected chi connectivity index (χ3v) is 19.6. The number of amides is 1. The van der Waals surface area contributed by atoms with Crippen LogP contribution in [0, 0.1) is 0 Å². The van der Waals surface area contributed by atoms with E-state index in [1.807, 2.05) is 6.08 Å². The fraction of sp³-hybridized carbons (Fsp3) is 0.926. The van der Waals surface area contributed by atoms with Crippen LogP contribution in [0.4, 0.5) is 0 Å². The predicted molar refractivity (Wildman–Crippen MR) is 389 cm³/mol. The molecule has 7 atom stereocenters. The summed E-state index contributed by atoms with van der Waals surface area (Å²) in [5, 5.41) is 54.3. The molecule has 0 spiro atoms. The minimum Gasteiger partial charge on any atom is -0.466 e. The van der Waals surface area contributed by atoms with Crippen molar-refractivity contribution >= 4 is 11.9 Å². The molecule has 1 heterocycles. The SMILES string of the molecule is CCCCCCCCC/C=C/C(O)C(COC1OC(CO)C(O)C(O)C1O)NC(=O)CCCCCCCCCCCCCCCCCCC/C=C\CCCCCCCCCCCCCCCCCCOC(=O)CCCCCCCCCCCCCCCCCCCC. The Hall–Kier alpha value is -1.86. The van der Waals surface area contributed by atoms with Crippen LogP contribution >= 0.6 is 0 Å². The van der Waals surface area contributed by atoms with E-state index in [2.05, 4.69) is 31.3 Å². The van der Waals surface area contributed by atoms with Gasteiger partial charge in [-0.3, -0.25) is 9.59 Å². The molecule has 1 rings (SSSR count). The molecular formula is C81H155NO10. The second kappa shape index (κ2) is 70.5. The maximum absolute atomic E-state index is 13.0. The number of aliphatic hydroxyl groups is 5. The summed E-state index contributed by atoms with van der Waals surface area (Å²) < 4.78 is 16.8. The van der Waals surface area contributed by atoms with Crippen LogP contribution in [0.1, 0.15) is 418 Å². The molecule has 7 unspecified atom stereocenters. The largest absolute Gasteiger partial charge is 0.466 e. The van der Waals surface area contributed by atoms with E-state index in [4.69, 9.17) is 14.2 Å². The highest BCUT2D eigenvalue weighted by molar-refractivity contribution is 5.76. The summed E-state index contributed by atoms with van der Waals surface area (Å²) in [7, 11) is 0. The van der Waals surface area contributed by atoms with E-state index in [0.717, 1.165) is 51.4 Å². The first-order chi connectivity index (χ1) is 45.2. The van der Waals surface area contributed by atoms with Gasteiger partial charge in [-0.1, -0.05) is 372 Å². The molecule has 0 bridgehead atoms. The van der Waals surface area contributed by atoms with Gasteiger partial charge < -0.3 is 45.1 Å². The number of hydrogen-bond acceptors (Lipinski definition) is 10. The van der Waals surface area contributed by atoms with Gasteiger partial charge in [-0.2, -0.15) is 0 Å². The van der Waals surface area contributed by atoms with E-state index in [0.29, 0.717) is 19.4 Å². The second-order valence-electron chi connectivity index (χ2n) is 28.5. The van der Waals surface area contributed by atoms with Crippen molar-refractivity contribution in [1.29, 1.82) is 0 Å². The molecule has 0 aromatic carbocycles. The lowest BCUT2D eigenvalue weighted by atomic mass is 9.99. The Morgan fingerprint density at radius 3 is 1.04 bits per heavy atom. The van der Waals surface area contributed by atoms with E-state index >= 15 is 0 Å². The molecule has 92 heavy (non-hydrogen) atoms. The second-order valence-corrected chi connectivity index (χ2v) is 28.5. The molecule has 0 aromatic heterocycles. The fourth-order valence-electron chi connectivity index (χ4n) is 13.2. The topological polar surface area (TPSA) is 175 Å². The number of aliphatic hydroxyl groups excluding tert-OH is 5. The number of carbonyl (C=O) groups is 2. The molecule has 11 nitrogen and oxygen atoms in total. The van der Waals surface area contributed by atoms with Gasteiger partial charge in [-0.05, 0) is 57.8 Å². The predicted octanol–water partition coefficient (Wildman–Crippen LogP) is 21.9. The van der Waals surface area contributed by atoms with Gasteiger partial charge in [-0.25, -0.2) is 0 Å². The number of ether oxygens (including phenoxy) is 3. The molecule has 1 saturated heterocycles. The molecule has 544 valence electrons. The molecule has 6 N–H and O–H groups in total. The quantitative estimate of drug-likeness (QED) is 0.0195. The van der Waals surface area contributed by atoms with Crippen LogP contribution in [0.2, 0.25) is 0 Å². The summed E-state index contributed by atoms with van der Waals surface area (Å²) in [6, 6.07) is -0.805. The lowest BCUT2D eigenvalue weighted by Crippen LogP contribution is -2.60. The number of rotatable bonds is 73. The van der Waals surface area contributed by atoms with Crippen LogP contribution in [0.3, 0.4) is 0 Å². The number of nitrogens with one attached hydrogen (secondary N) is 1. The van der Waals surface area contributed by atoms with Crippen LogP contribution in [0.25, 0.3) is 0 Å². The van der Waals surface area contributed by atoms with Gasteiger partial charge >= 0.3 is 5.97 Å². The van der Waals surface area contributed by atoms with Gasteiger partial charge in [0, 0.05) is 12.8 Å². The summed E-state index contributed by atoms with van der Waals surface area (Å²) in [5.41, 5.74) is 0. The molecular weight excluding hydrogens is 1150 g/mol. The number of carbonyl (C=O) groups excluding carboxylic acids is 2. The minimum atomic E-state index is -1.57. The fourth-order valence-corrected chi connectivity index (χ4v) is 13.2. The van der Waals surface area contributed by atoms with Crippen LogP contribution in [0.5, 0.6) is 0 Å². The third-order valence-electron chi connectivity index (χ3n) is 19.6. The van der Waals surface area contributed by atoms with Crippen molar-refractivity contribution in [3.8, 4) is 0 Å². The van der Waals surface area contributed by atoms with E-state index in [-0.39, 0.29) is 18.5 Å². The van der Waals surface area contributed by atoms with Gasteiger partial charge in [0.2, 0.25) is 5.91 Å². The first-order valence-corrected chi connectivity index (χ1v) is 40.6. The smallest absolute Gasteiger partial charge is 0.305 e. The van der Waals surface area contributed by atoms with Gasteiger partial charge in [0.1, 0.15) is 24.4 Å². The third kappa shape index (κ3) is 58.3. The van der Waals surface area contributed by atoms with Gasteiger partial charge in [-0.15, -0.1) is 0 Å². The monoisotopic (exact) mass is 1300 g/mol. The molecule has 0 aliphatic carbocycles. The Kier molecular flexibility index (Phi) is 67.5. The Labute approximate surface area is 569 Å². The van der Waals surface area contributed by atoms with E-state index in [9.17, 15) is 35.1 Å². The molecule has 1 aliphatic rings. The summed E-state index contributed by atoms with van der Waals surface area (Å²) in [5.74, 6) is -0.157. The van der Waals surface area contributed by atoms with E-state index in [1.165, 1.54) is 340 Å². The van der Waals surface area contributed by atoms with Gasteiger partial charge in [0.25, 0.3) is 0 Å². The number of esters is 1. The summed E-state index contributed by atoms with van der Waals surface area (Å²) in [4.78, 5) is 25.2. The maximum Gasteiger partial charge on any atom is 0.305 e. The van der Waals surface area contributed by atoms with E-state index in [1.54, 1.807) is 6.08 Å². The molecule has 1 aliphatic heterocycles. The van der Waals surface area contributed by atoms with Crippen molar-refractivity contribution in [2.24, 2.45) is 0 Å². The standard InChI is InChI=1S/C81H155NO10/c1-3-5-7-9-11-13-14-15-16-17-40-43-46-49-53-57-61-65-69-77(86)90-70-66-62-58-54-50-47-44-41-38-36-34-32-30-28-26-24-22-20-18-19-21-23-25-27-29-31-33-35-37-39-42-45-48-52-56-60-64-68-76(85)82-73(74(84)67-63-59-55-51-12-10-8-6-4-2)72-91-81-80(89)79(88)78(87)75(71-83)92-81/h18,20,63,67,73-75,78-81,83-84,87-89H,3-17,19,21-62,64-66,68-72H2,1-2H3,(H,82,85)/b20-18-,67-63+. The normalized spacial score (nSPS) is 17.6. The minimum absolute atomic E-state index is 0.0206. The van der Waals surface area contributed by atoms with Crippen molar-refractivity contribution in [3.05, 3.63) is 24.3 Å². The zero-order valence-corrected chi connectivity index (χ0v) is 60.8. The highest BCUT2D eigenvalue weighted by Gasteiger charge is 2.44. The molecule has 0 aromatic rings. The Morgan fingerprint density at radius 1 is 0.391 bits per heavy atom. The zero-order chi connectivity index (χ0) is 66.5. The molecule has 11 heteroatoms. The Balaban J connectivity index is 1.84. The van der Waals surface area contributed by atoms with Gasteiger partial charge in [0.05, 0.1) is 32.0 Å². The maximum atomic E-state index is 13.0. The highest BCUT2D eigenvalue weighted by Crippen LogP contribution is 2.24. The number of unbranched alkanes of at least 4 members (excludes halogenated alkanes) is 57. The highest BCUT2D eigenvalue weighted by atomic mass is 16.7. The van der Waals surface area contributed by atoms with Crippen molar-refractivity contribution in [3.63, 3.8) is 0 Å². The lowest BCUT2D eigenvalue weighted by Gasteiger charge is -2.40. The van der Waals surface area contributed by atoms with Crippen molar-refractivity contribution < 1.29 is 49.3 Å². The first kappa shape index (κ1) is 88.2. The summed E-state index contributed by atoms with van der Waals surface area (Å²) in [6.07, 6.45) is 81.0. The zero-order valence-electron chi connectivity index (χ0n) is 60.8. The Morgan fingerprint density at radius 2 is 0.696 bits per heavy atom. The molecule has 0 radical (unpaired) electrons.